The van der Waals surface area contributed by atoms with Crippen molar-refractivity contribution in [3.05, 3.63) is 64.7 Å². The van der Waals surface area contributed by atoms with Gasteiger partial charge in [-0.25, -0.2) is 0 Å². The van der Waals surface area contributed by atoms with E-state index in [1.54, 1.807) is 5.56 Å². The van der Waals surface area contributed by atoms with E-state index in [4.69, 9.17) is 9.47 Å². The molecule has 26 heavy (non-hydrogen) atoms. The third kappa shape index (κ3) is 3.65. The molecule has 1 N–H and O–H groups in total. The van der Waals surface area contributed by atoms with Crippen LogP contribution in [0.1, 0.15) is 73.0 Å². The Hall–Kier alpha value is -1.84. The highest BCUT2D eigenvalue weighted by Crippen LogP contribution is 2.46. The summed E-state index contributed by atoms with van der Waals surface area (Å²) in [4.78, 5) is 0. The number of aliphatic hydroxyl groups excluding tert-OH is 1. The fraction of sp³-hybridized carbons (Fsp3) is 0.478. The van der Waals surface area contributed by atoms with Gasteiger partial charge < -0.3 is 14.6 Å². The first-order valence-electron chi connectivity index (χ1n) is 9.91. The zero-order valence-electron chi connectivity index (χ0n) is 15.5. The fourth-order valence-corrected chi connectivity index (χ4v) is 4.13. The van der Waals surface area contributed by atoms with Gasteiger partial charge in [0.25, 0.3) is 0 Å². The van der Waals surface area contributed by atoms with Crippen LogP contribution in [0.15, 0.2) is 42.5 Å². The molecule has 4 rings (SSSR count). The molecule has 1 fully saturated rings. The van der Waals surface area contributed by atoms with Crippen molar-refractivity contribution in [2.75, 3.05) is 13.2 Å². The topological polar surface area (TPSA) is 38.7 Å². The number of hydrogen-bond donors (Lipinski definition) is 1. The molecule has 0 saturated heterocycles. The Balaban J connectivity index is 1.47. The van der Waals surface area contributed by atoms with E-state index in [2.05, 4.69) is 30.3 Å². The maximum Gasteiger partial charge on any atom is 0.124 e. The lowest BCUT2D eigenvalue weighted by Crippen LogP contribution is -2.07. The summed E-state index contributed by atoms with van der Waals surface area (Å²) in [5.74, 6) is 1.70. The monoisotopic (exact) mass is 352 g/mol. The van der Waals surface area contributed by atoms with Crippen molar-refractivity contribution in [2.45, 2.75) is 57.2 Å². The highest BCUT2D eigenvalue weighted by molar-refractivity contribution is 5.44. The predicted molar refractivity (Wildman–Crippen MR) is 103 cm³/mol. The minimum absolute atomic E-state index is 0.0487. The zero-order valence-corrected chi connectivity index (χ0v) is 15.5. The number of benzene rings is 2. The molecule has 2 aliphatic carbocycles. The Bertz CT molecular complexity index is 728. The maximum absolute atomic E-state index is 9.22. The lowest BCUT2D eigenvalue weighted by atomic mass is 9.99. The molecule has 2 aromatic carbocycles. The van der Waals surface area contributed by atoms with Gasteiger partial charge in [0.05, 0.1) is 6.10 Å². The number of fused-ring (bicyclic) bond motifs is 1. The Morgan fingerprint density at radius 1 is 1.04 bits per heavy atom. The molecule has 2 atom stereocenters. The van der Waals surface area contributed by atoms with E-state index in [1.807, 2.05) is 19.1 Å². The highest BCUT2D eigenvalue weighted by Gasteiger charge is 2.32. The molecule has 2 aliphatic rings. The standard InChI is InChI=1S/C23H28O3/c1-2-25-22(14-15-24)17-8-10-18(11-9-17)26-23-13-12-20-19(16-6-7-16)4-3-5-21(20)23/h3-5,8-11,16,22-24H,2,6-7,12-15H2,1H3/t22-,23+/m0/s1. The Kier molecular flexibility index (Phi) is 5.28. The van der Waals surface area contributed by atoms with E-state index in [1.165, 1.54) is 24.0 Å². The average Bonchev–Trinajstić information content (AvgIpc) is 3.44. The van der Waals surface area contributed by atoms with Gasteiger partial charge in [0.15, 0.2) is 0 Å². The largest absolute Gasteiger partial charge is 0.486 e. The fourth-order valence-electron chi connectivity index (χ4n) is 4.13. The highest BCUT2D eigenvalue weighted by atomic mass is 16.5. The molecule has 0 heterocycles. The molecular weight excluding hydrogens is 324 g/mol. The normalized spacial score (nSPS) is 20.0. The van der Waals surface area contributed by atoms with Crippen molar-refractivity contribution in [3.63, 3.8) is 0 Å². The van der Waals surface area contributed by atoms with Crippen LogP contribution in [0.5, 0.6) is 5.75 Å². The van der Waals surface area contributed by atoms with Crippen LogP contribution < -0.4 is 4.74 Å². The van der Waals surface area contributed by atoms with Crippen molar-refractivity contribution in [3.8, 4) is 5.75 Å². The van der Waals surface area contributed by atoms with Crippen LogP contribution in [0.4, 0.5) is 0 Å². The molecule has 3 heteroatoms. The van der Waals surface area contributed by atoms with Gasteiger partial charge in [-0.2, -0.15) is 0 Å². The SMILES string of the molecule is CCO[C@@H](CCO)c1ccc(O[C@@H]2CCc3c(C4CC4)cccc32)cc1. The summed E-state index contributed by atoms with van der Waals surface area (Å²) in [5.41, 5.74) is 5.57. The van der Waals surface area contributed by atoms with Crippen molar-refractivity contribution >= 4 is 0 Å². The van der Waals surface area contributed by atoms with Crippen LogP contribution in [0.3, 0.4) is 0 Å². The quantitative estimate of drug-likeness (QED) is 0.719. The lowest BCUT2D eigenvalue weighted by Gasteiger charge is -2.18. The zero-order chi connectivity index (χ0) is 17.9. The molecule has 0 aliphatic heterocycles. The van der Waals surface area contributed by atoms with Gasteiger partial charge in [0, 0.05) is 19.6 Å². The van der Waals surface area contributed by atoms with Gasteiger partial charge in [0.1, 0.15) is 11.9 Å². The second-order valence-electron chi connectivity index (χ2n) is 7.36. The summed E-state index contributed by atoms with van der Waals surface area (Å²) in [6, 6.07) is 14.9. The second kappa shape index (κ2) is 7.81. The van der Waals surface area contributed by atoms with Gasteiger partial charge in [-0.15, -0.1) is 0 Å². The summed E-state index contributed by atoms with van der Waals surface area (Å²) < 4.78 is 12.1. The molecule has 0 radical (unpaired) electrons. The predicted octanol–water partition coefficient (Wildman–Crippen LogP) is 5.09. The average molecular weight is 352 g/mol. The number of hydrogen-bond acceptors (Lipinski definition) is 3. The number of aliphatic hydroxyl groups is 1. The molecular formula is C23H28O3. The summed E-state index contributed by atoms with van der Waals surface area (Å²) in [5, 5.41) is 9.22. The summed E-state index contributed by atoms with van der Waals surface area (Å²) in [6.45, 7) is 2.76. The van der Waals surface area contributed by atoms with E-state index in [0.717, 1.165) is 30.1 Å². The first kappa shape index (κ1) is 17.6. The van der Waals surface area contributed by atoms with Crippen LogP contribution in [0, 0.1) is 0 Å². The Labute approximate surface area is 156 Å². The summed E-state index contributed by atoms with van der Waals surface area (Å²) in [7, 11) is 0. The van der Waals surface area contributed by atoms with Crippen molar-refractivity contribution < 1.29 is 14.6 Å². The van der Waals surface area contributed by atoms with Crippen LogP contribution in [0.25, 0.3) is 0 Å². The molecule has 0 bridgehead atoms. The van der Waals surface area contributed by atoms with Gasteiger partial charge in [0.2, 0.25) is 0 Å². The molecule has 0 amide bonds. The third-order valence-corrected chi connectivity index (χ3v) is 5.56. The first-order valence-corrected chi connectivity index (χ1v) is 9.91. The smallest absolute Gasteiger partial charge is 0.124 e. The van der Waals surface area contributed by atoms with Gasteiger partial charge >= 0.3 is 0 Å². The van der Waals surface area contributed by atoms with Crippen molar-refractivity contribution in [1.29, 1.82) is 0 Å². The van der Waals surface area contributed by atoms with Crippen molar-refractivity contribution in [2.24, 2.45) is 0 Å². The van der Waals surface area contributed by atoms with Crippen LogP contribution in [0.2, 0.25) is 0 Å². The minimum Gasteiger partial charge on any atom is -0.486 e. The number of ether oxygens (including phenoxy) is 2. The van der Waals surface area contributed by atoms with Gasteiger partial charge in [-0.3, -0.25) is 0 Å². The summed E-state index contributed by atoms with van der Waals surface area (Å²) in [6.07, 6.45) is 5.62. The van der Waals surface area contributed by atoms with E-state index in [0.29, 0.717) is 13.0 Å². The van der Waals surface area contributed by atoms with E-state index in [9.17, 15) is 5.11 Å². The van der Waals surface area contributed by atoms with Gasteiger partial charge in [-0.1, -0.05) is 30.3 Å². The van der Waals surface area contributed by atoms with Crippen molar-refractivity contribution in [1.82, 2.24) is 0 Å². The number of rotatable bonds is 8. The van der Waals surface area contributed by atoms with E-state index >= 15 is 0 Å². The molecule has 0 aromatic heterocycles. The second-order valence-corrected chi connectivity index (χ2v) is 7.36. The first-order chi connectivity index (χ1) is 12.8. The lowest BCUT2D eigenvalue weighted by molar-refractivity contribution is 0.0431. The molecule has 138 valence electrons. The van der Waals surface area contributed by atoms with Gasteiger partial charge in [-0.05, 0) is 72.9 Å². The summed E-state index contributed by atoms with van der Waals surface area (Å²) >= 11 is 0. The molecule has 1 saturated carbocycles. The van der Waals surface area contributed by atoms with Crippen LogP contribution in [-0.4, -0.2) is 18.3 Å². The van der Waals surface area contributed by atoms with Crippen LogP contribution >= 0.6 is 0 Å². The minimum atomic E-state index is -0.0487. The van der Waals surface area contributed by atoms with Crippen LogP contribution in [-0.2, 0) is 11.2 Å². The Morgan fingerprint density at radius 2 is 1.81 bits per heavy atom. The molecule has 0 unspecified atom stereocenters. The Morgan fingerprint density at radius 3 is 2.50 bits per heavy atom. The molecule has 2 aromatic rings. The van der Waals surface area contributed by atoms with E-state index < -0.39 is 0 Å². The molecule has 3 nitrogen and oxygen atoms in total. The third-order valence-electron chi connectivity index (χ3n) is 5.56. The maximum atomic E-state index is 9.22. The van der Waals surface area contributed by atoms with E-state index in [-0.39, 0.29) is 18.8 Å². The molecule has 0 spiro atoms.